The number of hydrogen-bond acceptors (Lipinski definition) is 7. The van der Waals surface area contributed by atoms with Crippen molar-refractivity contribution in [1.29, 1.82) is 0 Å². The molecule has 0 fully saturated rings. The molecule has 0 spiro atoms. The summed E-state index contributed by atoms with van der Waals surface area (Å²) >= 11 is 1.21. The maximum absolute atomic E-state index is 12.6. The van der Waals surface area contributed by atoms with E-state index in [1.165, 1.54) is 25.2 Å². The Labute approximate surface area is 175 Å². The molecule has 0 aliphatic carbocycles. The summed E-state index contributed by atoms with van der Waals surface area (Å²) < 4.78 is 5.19. The second kappa shape index (κ2) is 9.98. The van der Waals surface area contributed by atoms with Crippen molar-refractivity contribution in [2.45, 2.75) is 46.6 Å². The lowest BCUT2D eigenvalue weighted by atomic mass is 10.0. The number of carbonyl (C=O) groups is 4. The molecule has 1 aromatic rings. The average molecular weight is 424 g/mol. The Balaban J connectivity index is 2.33. The van der Waals surface area contributed by atoms with Gasteiger partial charge in [0.1, 0.15) is 5.00 Å². The number of nitrogens with zero attached hydrogens (tertiary/aromatic N) is 3. The van der Waals surface area contributed by atoms with Gasteiger partial charge < -0.3 is 14.5 Å². The summed E-state index contributed by atoms with van der Waals surface area (Å²) in [4.78, 5) is 55.0. The molecule has 2 heterocycles. The first kappa shape index (κ1) is 23.0. The SMILES string of the molecule is CCOC(=O)c1c(N(C(C)=O)C(C)=O)sc2c1CCN(C(=O)CCCN(C)C)C2. The van der Waals surface area contributed by atoms with Crippen LogP contribution in [0.1, 0.15) is 54.4 Å². The highest BCUT2D eigenvalue weighted by Gasteiger charge is 2.34. The van der Waals surface area contributed by atoms with Crippen molar-refractivity contribution in [1.82, 2.24) is 9.80 Å². The molecule has 0 radical (unpaired) electrons. The maximum atomic E-state index is 12.6. The molecule has 1 aliphatic heterocycles. The molecule has 0 N–H and O–H groups in total. The van der Waals surface area contributed by atoms with Gasteiger partial charge in [-0.1, -0.05) is 0 Å². The van der Waals surface area contributed by atoms with Crippen molar-refractivity contribution in [3.8, 4) is 0 Å². The van der Waals surface area contributed by atoms with Crippen LogP contribution in [0.4, 0.5) is 5.00 Å². The fourth-order valence-corrected chi connectivity index (χ4v) is 4.82. The average Bonchev–Trinajstić information content (AvgIpc) is 2.98. The van der Waals surface area contributed by atoms with Gasteiger partial charge in [0.05, 0.1) is 18.7 Å². The van der Waals surface area contributed by atoms with Crippen LogP contribution in [0.3, 0.4) is 0 Å². The second-order valence-corrected chi connectivity index (χ2v) is 8.33. The lowest BCUT2D eigenvalue weighted by molar-refractivity contribution is -0.132. The molecule has 29 heavy (non-hydrogen) atoms. The van der Waals surface area contributed by atoms with Gasteiger partial charge in [-0.3, -0.25) is 14.4 Å². The topological polar surface area (TPSA) is 87.2 Å². The zero-order valence-electron chi connectivity index (χ0n) is 17.7. The lowest BCUT2D eigenvalue weighted by Gasteiger charge is -2.27. The van der Waals surface area contributed by atoms with Crippen LogP contribution < -0.4 is 4.90 Å². The van der Waals surface area contributed by atoms with Crippen LogP contribution in [-0.4, -0.2) is 67.3 Å². The molecule has 0 saturated heterocycles. The first-order valence-corrected chi connectivity index (χ1v) is 10.5. The molecular formula is C20H29N3O5S. The molecule has 8 nitrogen and oxygen atoms in total. The minimum atomic E-state index is -0.543. The summed E-state index contributed by atoms with van der Waals surface area (Å²) in [7, 11) is 3.94. The Kier molecular flexibility index (Phi) is 7.92. The summed E-state index contributed by atoms with van der Waals surface area (Å²) in [5.41, 5.74) is 1.05. The molecule has 160 valence electrons. The highest BCUT2D eigenvalue weighted by molar-refractivity contribution is 7.17. The Morgan fingerprint density at radius 1 is 1.14 bits per heavy atom. The van der Waals surface area contributed by atoms with Gasteiger partial charge in [0.2, 0.25) is 17.7 Å². The number of amides is 3. The number of fused-ring (bicyclic) bond motifs is 1. The molecule has 0 aromatic carbocycles. The number of carbonyl (C=O) groups excluding carboxylic acids is 4. The maximum Gasteiger partial charge on any atom is 0.341 e. The summed E-state index contributed by atoms with van der Waals surface area (Å²) in [6.07, 6.45) is 1.73. The zero-order chi connectivity index (χ0) is 21.7. The van der Waals surface area contributed by atoms with Gasteiger partial charge in [0.15, 0.2) is 0 Å². The van der Waals surface area contributed by atoms with Gasteiger partial charge in [-0.25, -0.2) is 9.69 Å². The van der Waals surface area contributed by atoms with E-state index < -0.39 is 17.8 Å². The Morgan fingerprint density at radius 3 is 2.34 bits per heavy atom. The summed E-state index contributed by atoms with van der Waals surface area (Å²) in [5.74, 6) is -1.39. The number of imide groups is 1. The van der Waals surface area contributed by atoms with Crippen molar-refractivity contribution in [3.63, 3.8) is 0 Å². The van der Waals surface area contributed by atoms with E-state index in [0.717, 1.165) is 28.3 Å². The smallest absolute Gasteiger partial charge is 0.341 e. The van der Waals surface area contributed by atoms with Crippen LogP contribution >= 0.6 is 11.3 Å². The highest BCUT2D eigenvalue weighted by atomic mass is 32.1. The van der Waals surface area contributed by atoms with Crippen molar-refractivity contribution in [2.24, 2.45) is 0 Å². The minimum absolute atomic E-state index is 0.0696. The third-order valence-electron chi connectivity index (χ3n) is 4.70. The van der Waals surface area contributed by atoms with Crippen molar-refractivity contribution in [2.75, 3.05) is 38.7 Å². The fraction of sp³-hybridized carbons (Fsp3) is 0.600. The number of thiophene rings is 1. The van der Waals surface area contributed by atoms with Crippen LogP contribution in [0.25, 0.3) is 0 Å². The normalized spacial score (nSPS) is 13.2. The van der Waals surface area contributed by atoms with Gasteiger partial charge in [0.25, 0.3) is 0 Å². The minimum Gasteiger partial charge on any atom is -0.462 e. The molecule has 0 atom stereocenters. The molecule has 3 amide bonds. The molecule has 2 rings (SSSR count). The molecule has 0 unspecified atom stereocenters. The Morgan fingerprint density at radius 2 is 1.79 bits per heavy atom. The summed E-state index contributed by atoms with van der Waals surface area (Å²) in [6, 6.07) is 0. The summed E-state index contributed by atoms with van der Waals surface area (Å²) in [5, 5.41) is 0.287. The molecule has 9 heteroatoms. The van der Waals surface area contributed by atoms with Gasteiger partial charge in [-0.2, -0.15) is 0 Å². The number of esters is 1. The van der Waals surface area contributed by atoms with E-state index >= 15 is 0 Å². The number of hydrogen-bond donors (Lipinski definition) is 0. The van der Waals surface area contributed by atoms with E-state index in [0.29, 0.717) is 25.9 Å². The van der Waals surface area contributed by atoms with Crippen LogP contribution in [0, 0.1) is 0 Å². The third kappa shape index (κ3) is 5.42. The number of anilines is 1. The molecular weight excluding hydrogens is 394 g/mol. The predicted molar refractivity (Wildman–Crippen MR) is 111 cm³/mol. The Bertz CT molecular complexity index is 788. The number of ether oxygens (including phenoxy) is 1. The van der Waals surface area contributed by atoms with Crippen molar-refractivity contribution < 1.29 is 23.9 Å². The monoisotopic (exact) mass is 423 g/mol. The Hall–Kier alpha value is -2.26. The van der Waals surface area contributed by atoms with Crippen LogP contribution in [0.15, 0.2) is 0 Å². The van der Waals surface area contributed by atoms with E-state index in [2.05, 4.69) is 0 Å². The fourth-order valence-electron chi connectivity index (χ4n) is 3.39. The molecule has 1 aliphatic rings. The van der Waals surface area contributed by atoms with Crippen molar-refractivity contribution in [3.05, 3.63) is 16.0 Å². The van der Waals surface area contributed by atoms with E-state index in [1.807, 2.05) is 19.0 Å². The molecule has 0 saturated carbocycles. The van der Waals surface area contributed by atoms with Crippen LogP contribution in [0.5, 0.6) is 0 Å². The highest BCUT2D eigenvalue weighted by Crippen LogP contribution is 2.40. The second-order valence-electron chi connectivity index (χ2n) is 7.25. The lowest BCUT2D eigenvalue weighted by Crippen LogP contribution is -2.36. The van der Waals surface area contributed by atoms with Crippen LogP contribution in [0.2, 0.25) is 0 Å². The van der Waals surface area contributed by atoms with E-state index in [9.17, 15) is 19.2 Å². The van der Waals surface area contributed by atoms with Gasteiger partial charge in [-0.05, 0) is 46.0 Å². The van der Waals surface area contributed by atoms with E-state index in [4.69, 9.17) is 4.74 Å². The number of rotatable bonds is 7. The van der Waals surface area contributed by atoms with Gasteiger partial charge in [0, 0.05) is 31.7 Å². The van der Waals surface area contributed by atoms with Crippen molar-refractivity contribution >= 4 is 40.0 Å². The molecule has 1 aromatic heterocycles. The first-order chi connectivity index (χ1) is 13.7. The molecule has 0 bridgehead atoms. The van der Waals surface area contributed by atoms with Crippen LogP contribution in [-0.2, 0) is 32.1 Å². The zero-order valence-corrected chi connectivity index (χ0v) is 18.6. The largest absolute Gasteiger partial charge is 0.462 e. The van der Waals surface area contributed by atoms with Gasteiger partial charge in [-0.15, -0.1) is 11.3 Å². The van der Waals surface area contributed by atoms with Gasteiger partial charge >= 0.3 is 5.97 Å². The third-order valence-corrected chi connectivity index (χ3v) is 5.90. The van der Waals surface area contributed by atoms with E-state index in [-0.39, 0.29) is 23.1 Å². The van der Waals surface area contributed by atoms with E-state index in [1.54, 1.807) is 11.8 Å². The first-order valence-electron chi connectivity index (χ1n) is 9.72. The summed E-state index contributed by atoms with van der Waals surface area (Å²) in [6.45, 7) is 6.18. The predicted octanol–water partition coefficient (Wildman–Crippen LogP) is 2.05. The standard InChI is InChI=1S/C20H29N3O5S/c1-6-28-20(27)18-15-9-11-22(17(26)8-7-10-21(4)5)12-16(15)29-19(18)23(13(2)24)14(3)25/h6-12H2,1-5H3. The quantitative estimate of drug-likeness (QED) is 0.624.